The molecular weight excluding hydrogens is 332 g/mol. The number of benzene rings is 1. The predicted octanol–water partition coefficient (Wildman–Crippen LogP) is 3.08. The fourth-order valence-corrected chi connectivity index (χ4v) is 3.47. The summed E-state index contributed by atoms with van der Waals surface area (Å²) in [6.07, 6.45) is 4.31. The van der Waals surface area contributed by atoms with Gasteiger partial charge < -0.3 is 10.2 Å². The summed E-state index contributed by atoms with van der Waals surface area (Å²) >= 11 is 3.62. The van der Waals surface area contributed by atoms with Gasteiger partial charge in [0.2, 0.25) is 0 Å². The third kappa shape index (κ3) is 2.95. The van der Waals surface area contributed by atoms with Crippen molar-refractivity contribution in [1.82, 2.24) is 14.7 Å². The quantitative estimate of drug-likeness (QED) is 0.860. The highest BCUT2D eigenvalue weighted by Crippen LogP contribution is 2.28. The minimum atomic E-state index is -0.0775. The van der Waals surface area contributed by atoms with E-state index in [0.717, 1.165) is 23.1 Å². The van der Waals surface area contributed by atoms with E-state index in [2.05, 4.69) is 45.4 Å². The zero-order valence-electron chi connectivity index (χ0n) is 12.1. The van der Waals surface area contributed by atoms with Crippen LogP contribution < -0.4 is 5.32 Å². The summed E-state index contributed by atoms with van der Waals surface area (Å²) < 4.78 is 2.81. The molecule has 5 nitrogen and oxygen atoms in total. The van der Waals surface area contributed by atoms with Crippen molar-refractivity contribution < 1.29 is 4.79 Å². The van der Waals surface area contributed by atoms with Gasteiger partial charge in [-0.2, -0.15) is 5.10 Å². The number of nitrogens with zero attached hydrogens (tertiary/aromatic N) is 3. The number of carbonyl (C=O) groups is 1. The van der Waals surface area contributed by atoms with Crippen LogP contribution in [0.15, 0.2) is 29.0 Å². The molecule has 0 saturated heterocycles. The first-order valence-electron chi connectivity index (χ1n) is 6.85. The first-order chi connectivity index (χ1) is 10.0. The summed E-state index contributed by atoms with van der Waals surface area (Å²) in [4.78, 5) is 14.2. The van der Waals surface area contributed by atoms with Crippen LogP contribution >= 0.6 is 15.9 Å². The van der Waals surface area contributed by atoms with Crippen molar-refractivity contribution in [3.05, 3.63) is 45.7 Å². The van der Waals surface area contributed by atoms with Gasteiger partial charge in [0.1, 0.15) is 0 Å². The van der Waals surface area contributed by atoms with Gasteiger partial charge in [-0.1, -0.05) is 22.0 Å². The molecule has 6 heteroatoms. The lowest BCUT2D eigenvalue weighted by molar-refractivity contribution is 0.206. The van der Waals surface area contributed by atoms with E-state index in [-0.39, 0.29) is 6.03 Å². The Labute approximate surface area is 132 Å². The second-order valence-corrected chi connectivity index (χ2v) is 6.24. The lowest BCUT2D eigenvalue weighted by Crippen LogP contribution is -2.39. The van der Waals surface area contributed by atoms with E-state index in [1.807, 2.05) is 11.9 Å². The average molecular weight is 349 g/mol. The number of anilines is 1. The number of aromatic nitrogens is 2. The molecule has 21 heavy (non-hydrogen) atoms. The first-order valence-corrected chi connectivity index (χ1v) is 7.64. The maximum Gasteiger partial charge on any atom is 0.322 e. The zero-order valence-corrected chi connectivity index (χ0v) is 13.6. The highest BCUT2D eigenvalue weighted by Gasteiger charge is 2.22. The molecule has 2 heterocycles. The number of hydrogen-bond acceptors (Lipinski definition) is 2. The second kappa shape index (κ2) is 5.52. The standard InChI is InChI=1S/C15H17BrN4O/c1-10-5-11-8-20(4-3-13(11)14(16)6-10)15(21)18-12-7-17-19(2)9-12/h5-7,9H,3-4,8H2,1-2H3,(H,18,21). The summed E-state index contributed by atoms with van der Waals surface area (Å²) in [6, 6.07) is 4.21. The van der Waals surface area contributed by atoms with Crippen LogP contribution in [0.3, 0.4) is 0 Å². The molecular formula is C15H17BrN4O. The molecule has 3 rings (SSSR count). The van der Waals surface area contributed by atoms with Crippen molar-refractivity contribution in [2.24, 2.45) is 7.05 Å². The molecule has 1 aliphatic heterocycles. The third-order valence-corrected chi connectivity index (χ3v) is 4.38. The topological polar surface area (TPSA) is 50.2 Å². The maximum atomic E-state index is 12.3. The van der Waals surface area contributed by atoms with E-state index in [0.29, 0.717) is 6.54 Å². The van der Waals surface area contributed by atoms with Gasteiger partial charge in [0.25, 0.3) is 0 Å². The SMILES string of the molecule is Cc1cc(Br)c2c(c1)CN(C(=O)Nc1cnn(C)c1)CC2. The minimum absolute atomic E-state index is 0.0775. The number of aryl methyl sites for hydroxylation is 2. The number of halogens is 1. The summed E-state index contributed by atoms with van der Waals surface area (Å²) in [5, 5.41) is 6.94. The molecule has 0 bridgehead atoms. The number of amides is 2. The van der Waals surface area contributed by atoms with Crippen LogP contribution in [0.25, 0.3) is 0 Å². The molecule has 0 fully saturated rings. The molecule has 0 spiro atoms. The van der Waals surface area contributed by atoms with Crippen molar-refractivity contribution in [1.29, 1.82) is 0 Å². The Morgan fingerprint density at radius 3 is 2.95 bits per heavy atom. The van der Waals surface area contributed by atoms with Crippen LogP contribution in [-0.4, -0.2) is 27.3 Å². The van der Waals surface area contributed by atoms with Crippen LogP contribution in [0, 0.1) is 6.92 Å². The summed E-state index contributed by atoms with van der Waals surface area (Å²) in [7, 11) is 1.83. The van der Waals surface area contributed by atoms with Gasteiger partial charge in [0.15, 0.2) is 0 Å². The molecule has 1 aromatic heterocycles. The Bertz CT molecular complexity index is 695. The van der Waals surface area contributed by atoms with Gasteiger partial charge in [0.05, 0.1) is 11.9 Å². The number of rotatable bonds is 1. The molecule has 0 aliphatic carbocycles. The highest BCUT2D eigenvalue weighted by atomic mass is 79.9. The Kier molecular flexibility index (Phi) is 3.71. The Hall–Kier alpha value is -1.82. The molecule has 0 saturated carbocycles. The second-order valence-electron chi connectivity index (χ2n) is 5.39. The van der Waals surface area contributed by atoms with Crippen LogP contribution in [0.5, 0.6) is 0 Å². The molecule has 0 unspecified atom stereocenters. The summed E-state index contributed by atoms with van der Waals surface area (Å²) in [5.41, 5.74) is 4.45. The van der Waals surface area contributed by atoms with Crippen molar-refractivity contribution in [3.63, 3.8) is 0 Å². The van der Waals surface area contributed by atoms with E-state index in [9.17, 15) is 4.79 Å². The smallest absolute Gasteiger partial charge is 0.320 e. The number of hydrogen-bond donors (Lipinski definition) is 1. The van der Waals surface area contributed by atoms with Crippen molar-refractivity contribution in [2.45, 2.75) is 19.9 Å². The molecule has 110 valence electrons. The first kappa shape index (κ1) is 14.1. The molecule has 1 aromatic carbocycles. The third-order valence-electron chi connectivity index (χ3n) is 3.67. The maximum absolute atomic E-state index is 12.3. The fourth-order valence-electron chi connectivity index (χ4n) is 2.66. The predicted molar refractivity (Wildman–Crippen MR) is 85.2 cm³/mol. The fraction of sp³-hybridized carbons (Fsp3) is 0.333. The molecule has 0 atom stereocenters. The van der Waals surface area contributed by atoms with E-state index in [1.165, 1.54) is 16.7 Å². The van der Waals surface area contributed by atoms with Gasteiger partial charge in [-0.3, -0.25) is 4.68 Å². The largest absolute Gasteiger partial charge is 0.322 e. The molecule has 2 aromatic rings. The Morgan fingerprint density at radius 1 is 1.43 bits per heavy atom. The molecule has 0 radical (unpaired) electrons. The Morgan fingerprint density at radius 2 is 2.24 bits per heavy atom. The lowest BCUT2D eigenvalue weighted by atomic mass is 9.98. The van der Waals surface area contributed by atoms with Crippen molar-refractivity contribution in [2.75, 3.05) is 11.9 Å². The monoisotopic (exact) mass is 348 g/mol. The van der Waals surface area contributed by atoms with Crippen LogP contribution in [0.2, 0.25) is 0 Å². The van der Waals surface area contributed by atoms with Gasteiger partial charge in [0, 0.05) is 30.8 Å². The van der Waals surface area contributed by atoms with Crippen LogP contribution in [-0.2, 0) is 20.0 Å². The van der Waals surface area contributed by atoms with E-state index in [4.69, 9.17) is 0 Å². The molecule has 2 amide bonds. The number of urea groups is 1. The normalized spacial score (nSPS) is 14.0. The van der Waals surface area contributed by atoms with E-state index >= 15 is 0 Å². The van der Waals surface area contributed by atoms with Gasteiger partial charge in [-0.05, 0) is 36.1 Å². The Balaban J connectivity index is 1.75. The number of fused-ring (bicyclic) bond motifs is 1. The highest BCUT2D eigenvalue weighted by molar-refractivity contribution is 9.10. The number of nitrogens with one attached hydrogen (secondary N) is 1. The average Bonchev–Trinajstić information content (AvgIpc) is 2.83. The van der Waals surface area contributed by atoms with Gasteiger partial charge in [-0.25, -0.2) is 4.79 Å². The van der Waals surface area contributed by atoms with Crippen molar-refractivity contribution in [3.8, 4) is 0 Å². The zero-order chi connectivity index (χ0) is 15.0. The van der Waals surface area contributed by atoms with Crippen molar-refractivity contribution >= 4 is 27.6 Å². The van der Waals surface area contributed by atoms with E-state index in [1.54, 1.807) is 17.1 Å². The molecule has 1 N–H and O–H groups in total. The van der Waals surface area contributed by atoms with Crippen LogP contribution in [0.4, 0.5) is 10.5 Å². The summed E-state index contributed by atoms with van der Waals surface area (Å²) in [5.74, 6) is 0. The minimum Gasteiger partial charge on any atom is -0.320 e. The van der Waals surface area contributed by atoms with E-state index < -0.39 is 0 Å². The summed E-state index contributed by atoms with van der Waals surface area (Å²) in [6.45, 7) is 3.43. The number of carbonyl (C=O) groups excluding carboxylic acids is 1. The van der Waals surface area contributed by atoms with Gasteiger partial charge in [-0.15, -0.1) is 0 Å². The van der Waals surface area contributed by atoms with Crippen LogP contribution in [0.1, 0.15) is 16.7 Å². The lowest BCUT2D eigenvalue weighted by Gasteiger charge is -2.29. The van der Waals surface area contributed by atoms with Gasteiger partial charge >= 0.3 is 6.03 Å². The molecule has 1 aliphatic rings.